The monoisotopic (exact) mass is 337 g/mol. The third kappa shape index (κ3) is 4.31. The van der Waals surface area contributed by atoms with Gasteiger partial charge in [-0.25, -0.2) is 4.79 Å². The first-order valence-electron chi connectivity index (χ1n) is 7.76. The Kier molecular flexibility index (Phi) is 5.89. The summed E-state index contributed by atoms with van der Waals surface area (Å²) >= 11 is 0. The molecule has 2 rings (SSSR count). The van der Waals surface area contributed by atoms with E-state index in [1.54, 1.807) is 0 Å². The van der Waals surface area contributed by atoms with Gasteiger partial charge in [0.15, 0.2) is 18.1 Å². The third-order valence-electron chi connectivity index (χ3n) is 3.98. The molecule has 1 N–H and O–H groups in total. The Balaban J connectivity index is 2.01. The van der Waals surface area contributed by atoms with Gasteiger partial charge in [0, 0.05) is 18.2 Å². The van der Waals surface area contributed by atoms with E-state index < -0.39 is 5.97 Å². The second-order valence-corrected chi connectivity index (χ2v) is 5.68. The van der Waals surface area contributed by atoms with Crippen LogP contribution < -0.4 is 19.5 Å². The van der Waals surface area contributed by atoms with Crippen molar-refractivity contribution in [1.82, 2.24) is 5.32 Å². The minimum atomic E-state index is -0.665. The molecule has 0 aliphatic heterocycles. The zero-order valence-electron chi connectivity index (χ0n) is 14.4. The van der Waals surface area contributed by atoms with Gasteiger partial charge in [-0.05, 0) is 25.7 Å². The van der Waals surface area contributed by atoms with E-state index in [2.05, 4.69) is 5.32 Å². The van der Waals surface area contributed by atoms with Crippen molar-refractivity contribution in [3.8, 4) is 17.2 Å². The zero-order valence-corrected chi connectivity index (χ0v) is 14.4. The maximum absolute atomic E-state index is 12.3. The summed E-state index contributed by atoms with van der Waals surface area (Å²) in [7, 11) is 4.38. The summed E-state index contributed by atoms with van der Waals surface area (Å²) < 4.78 is 20.6. The van der Waals surface area contributed by atoms with Crippen molar-refractivity contribution in [2.75, 3.05) is 27.9 Å². The van der Waals surface area contributed by atoms with E-state index in [0.717, 1.165) is 12.8 Å². The number of esters is 1. The minimum Gasteiger partial charge on any atom is -0.496 e. The molecule has 1 amide bonds. The van der Waals surface area contributed by atoms with Crippen LogP contribution in [0, 0.1) is 5.92 Å². The number of amides is 1. The second-order valence-electron chi connectivity index (χ2n) is 5.68. The molecule has 132 valence electrons. The highest BCUT2D eigenvalue weighted by Crippen LogP contribution is 2.35. The van der Waals surface area contributed by atoms with Crippen LogP contribution in [0.2, 0.25) is 0 Å². The van der Waals surface area contributed by atoms with Gasteiger partial charge in [-0.2, -0.15) is 0 Å². The van der Waals surface area contributed by atoms with Crippen LogP contribution in [-0.4, -0.2) is 45.9 Å². The Morgan fingerprint density at radius 3 is 2.21 bits per heavy atom. The van der Waals surface area contributed by atoms with Gasteiger partial charge in [0.05, 0.1) is 21.3 Å². The van der Waals surface area contributed by atoms with Gasteiger partial charge in [-0.1, -0.05) is 0 Å². The molecule has 7 nitrogen and oxygen atoms in total. The molecular formula is C17H23NO6. The first kappa shape index (κ1) is 17.9. The molecule has 0 bridgehead atoms. The predicted molar refractivity (Wildman–Crippen MR) is 86.7 cm³/mol. The first-order chi connectivity index (χ1) is 11.5. The van der Waals surface area contributed by atoms with Crippen LogP contribution in [0.4, 0.5) is 0 Å². The van der Waals surface area contributed by atoms with Crippen molar-refractivity contribution in [3.63, 3.8) is 0 Å². The third-order valence-corrected chi connectivity index (χ3v) is 3.98. The average Bonchev–Trinajstić information content (AvgIpc) is 3.43. The zero-order chi connectivity index (χ0) is 17.7. The molecule has 0 unspecified atom stereocenters. The Labute approximate surface area is 141 Å². The fraction of sp³-hybridized carbons (Fsp3) is 0.529. The van der Waals surface area contributed by atoms with Crippen molar-refractivity contribution >= 4 is 11.9 Å². The van der Waals surface area contributed by atoms with Crippen molar-refractivity contribution in [2.45, 2.75) is 25.8 Å². The summed E-state index contributed by atoms with van der Waals surface area (Å²) in [5.74, 6) is 0.642. The number of nitrogens with one attached hydrogen (secondary N) is 1. The molecule has 24 heavy (non-hydrogen) atoms. The van der Waals surface area contributed by atoms with E-state index in [1.165, 1.54) is 33.5 Å². The van der Waals surface area contributed by atoms with E-state index >= 15 is 0 Å². The maximum atomic E-state index is 12.3. The molecule has 0 aromatic heterocycles. The van der Waals surface area contributed by atoms with Crippen LogP contribution in [0.3, 0.4) is 0 Å². The highest BCUT2D eigenvalue weighted by Gasteiger charge is 2.29. The lowest BCUT2D eigenvalue weighted by Crippen LogP contribution is -2.37. The summed E-state index contributed by atoms with van der Waals surface area (Å²) in [5.41, 5.74) is 0.165. The van der Waals surface area contributed by atoms with Gasteiger partial charge in [0.1, 0.15) is 11.3 Å². The Hall–Kier alpha value is -2.44. The van der Waals surface area contributed by atoms with Crippen molar-refractivity contribution in [3.05, 3.63) is 17.7 Å². The van der Waals surface area contributed by atoms with Gasteiger partial charge in [-0.3, -0.25) is 4.79 Å². The van der Waals surface area contributed by atoms with Crippen LogP contribution in [0.1, 0.15) is 30.1 Å². The molecule has 1 fully saturated rings. The highest BCUT2D eigenvalue weighted by molar-refractivity contribution is 5.95. The number of carbonyl (C=O) groups excluding carboxylic acids is 2. The lowest BCUT2D eigenvalue weighted by atomic mass is 10.1. The topological polar surface area (TPSA) is 83.1 Å². The van der Waals surface area contributed by atoms with Gasteiger partial charge in [-0.15, -0.1) is 0 Å². The lowest BCUT2D eigenvalue weighted by molar-refractivity contribution is -0.125. The van der Waals surface area contributed by atoms with Crippen LogP contribution in [0.5, 0.6) is 17.2 Å². The number of ether oxygens (including phenoxy) is 4. The van der Waals surface area contributed by atoms with Gasteiger partial charge in [0.2, 0.25) is 0 Å². The standard InChI is InChI=1S/C17H23NO6/c1-10(11-5-6-11)18-16(19)9-24-17(20)12-7-14(22-3)15(23-4)8-13(12)21-2/h7-8,10-11H,5-6,9H2,1-4H3,(H,18,19)/t10-/m1/s1. The number of hydrogen-bond acceptors (Lipinski definition) is 6. The normalized spacial score (nSPS) is 14.5. The molecule has 0 spiro atoms. The molecule has 1 aromatic rings. The summed E-state index contributed by atoms with van der Waals surface area (Å²) in [6.07, 6.45) is 2.26. The van der Waals surface area contributed by atoms with Crippen LogP contribution in [0.25, 0.3) is 0 Å². The molecule has 7 heteroatoms. The molecule has 1 atom stereocenters. The Morgan fingerprint density at radius 1 is 1.08 bits per heavy atom. The Morgan fingerprint density at radius 2 is 1.67 bits per heavy atom. The molecular weight excluding hydrogens is 314 g/mol. The molecule has 1 saturated carbocycles. The van der Waals surface area contributed by atoms with E-state index in [0.29, 0.717) is 17.4 Å². The lowest BCUT2D eigenvalue weighted by Gasteiger charge is -2.15. The molecule has 0 heterocycles. The first-order valence-corrected chi connectivity index (χ1v) is 7.76. The smallest absolute Gasteiger partial charge is 0.342 e. The number of hydrogen-bond donors (Lipinski definition) is 1. The minimum absolute atomic E-state index is 0.104. The van der Waals surface area contributed by atoms with E-state index in [1.807, 2.05) is 6.92 Å². The van der Waals surface area contributed by atoms with Gasteiger partial charge in [0.25, 0.3) is 5.91 Å². The highest BCUT2D eigenvalue weighted by atomic mass is 16.5. The van der Waals surface area contributed by atoms with Crippen molar-refractivity contribution in [1.29, 1.82) is 0 Å². The molecule has 1 aromatic carbocycles. The second kappa shape index (κ2) is 7.90. The molecule has 1 aliphatic carbocycles. The fourth-order valence-corrected chi connectivity index (χ4v) is 2.41. The summed E-state index contributed by atoms with van der Waals surface area (Å²) in [6, 6.07) is 3.10. The molecule has 0 radical (unpaired) electrons. The van der Waals surface area contributed by atoms with Crippen molar-refractivity contribution < 1.29 is 28.5 Å². The quantitative estimate of drug-likeness (QED) is 0.728. The molecule has 1 aliphatic rings. The van der Waals surface area contributed by atoms with E-state index in [9.17, 15) is 9.59 Å². The Bertz CT molecular complexity index is 611. The van der Waals surface area contributed by atoms with Crippen LogP contribution in [-0.2, 0) is 9.53 Å². The largest absolute Gasteiger partial charge is 0.496 e. The molecule has 0 saturated heterocycles. The number of rotatable bonds is 8. The summed E-state index contributed by atoms with van der Waals surface area (Å²) in [5, 5.41) is 2.83. The van der Waals surface area contributed by atoms with Gasteiger partial charge < -0.3 is 24.3 Å². The van der Waals surface area contributed by atoms with E-state index in [4.69, 9.17) is 18.9 Å². The average molecular weight is 337 g/mol. The fourth-order valence-electron chi connectivity index (χ4n) is 2.41. The summed E-state index contributed by atoms with van der Waals surface area (Å²) in [4.78, 5) is 24.1. The number of carbonyl (C=O) groups is 2. The predicted octanol–water partition coefficient (Wildman–Crippen LogP) is 1.78. The maximum Gasteiger partial charge on any atom is 0.342 e. The summed E-state index contributed by atoms with van der Waals surface area (Å²) in [6.45, 7) is 1.61. The van der Waals surface area contributed by atoms with Crippen LogP contribution in [0.15, 0.2) is 12.1 Å². The van der Waals surface area contributed by atoms with E-state index in [-0.39, 0.29) is 29.9 Å². The number of methoxy groups -OCH3 is 3. The van der Waals surface area contributed by atoms with Gasteiger partial charge >= 0.3 is 5.97 Å². The van der Waals surface area contributed by atoms with Crippen LogP contribution >= 0.6 is 0 Å². The SMILES string of the molecule is COc1cc(OC)c(C(=O)OCC(=O)N[C@H](C)C2CC2)cc1OC. The number of benzene rings is 1. The van der Waals surface area contributed by atoms with Crippen molar-refractivity contribution in [2.24, 2.45) is 5.92 Å².